The van der Waals surface area contributed by atoms with Gasteiger partial charge in [-0.1, -0.05) is 48.5 Å². The molecule has 4 aliphatic rings. The molecule has 3 aliphatic carbocycles. The number of imide groups is 1. The SMILES string of the molecule is COc1ccc(NC(=O)c2ccc(N3C(=O)[C@@H]4C5c6ccccc6C(c6ccccc65)[C@H]4C3=O)cc2)c(OC)c1. The molecule has 1 fully saturated rings. The third-order valence-electron chi connectivity index (χ3n) is 8.49. The van der Waals surface area contributed by atoms with Gasteiger partial charge in [-0.05, 0) is 58.7 Å². The van der Waals surface area contributed by atoms with Crippen molar-refractivity contribution in [3.63, 3.8) is 0 Å². The van der Waals surface area contributed by atoms with Gasteiger partial charge in [0.05, 0.1) is 37.4 Å². The number of nitrogens with one attached hydrogen (secondary N) is 1. The first-order chi connectivity index (χ1) is 19.5. The number of methoxy groups -OCH3 is 2. The minimum atomic E-state index is -0.451. The van der Waals surface area contributed by atoms with Crippen molar-refractivity contribution in [1.82, 2.24) is 0 Å². The van der Waals surface area contributed by atoms with Crippen molar-refractivity contribution in [2.75, 3.05) is 24.4 Å². The van der Waals surface area contributed by atoms with Crippen molar-refractivity contribution in [3.8, 4) is 11.5 Å². The lowest BCUT2D eigenvalue weighted by Crippen LogP contribution is -2.41. The molecule has 7 nitrogen and oxygen atoms in total. The van der Waals surface area contributed by atoms with Crippen molar-refractivity contribution in [3.05, 3.63) is 119 Å². The predicted molar refractivity (Wildman–Crippen MR) is 150 cm³/mol. The summed E-state index contributed by atoms with van der Waals surface area (Å²) in [6.45, 7) is 0. The minimum Gasteiger partial charge on any atom is -0.497 e. The number of rotatable bonds is 5. The molecule has 1 N–H and O–H groups in total. The maximum absolute atomic E-state index is 13.9. The van der Waals surface area contributed by atoms with Crippen molar-refractivity contribution >= 4 is 29.1 Å². The van der Waals surface area contributed by atoms with Gasteiger partial charge in [-0.2, -0.15) is 0 Å². The second-order valence-electron chi connectivity index (χ2n) is 10.3. The molecular weight excluding hydrogens is 504 g/mol. The smallest absolute Gasteiger partial charge is 0.255 e. The minimum absolute atomic E-state index is 0.159. The van der Waals surface area contributed by atoms with Gasteiger partial charge in [-0.3, -0.25) is 14.4 Å². The van der Waals surface area contributed by atoms with Crippen molar-refractivity contribution in [2.45, 2.75) is 11.8 Å². The molecule has 198 valence electrons. The second-order valence-corrected chi connectivity index (χ2v) is 10.3. The maximum Gasteiger partial charge on any atom is 0.255 e. The summed E-state index contributed by atoms with van der Waals surface area (Å²) in [7, 11) is 3.08. The molecule has 0 unspecified atom stereocenters. The molecule has 2 atom stereocenters. The quantitative estimate of drug-likeness (QED) is 0.352. The highest BCUT2D eigenvalue weighted by molar-refractivity contribution is 6.23. The summed E-state index contributed by atoms with van der Waals surface area (Å²) in [4.78, 5) is 42.2. The monoisotopic (exact) mass is 530 g/mol. The molecule has 3 amide bonds. The van der Waals surface area contributed by atoms with Gasteiger partial charge in [0, 0.05) is 23.5 Å². The van der Waals surface area contributed by atoms with Crippen molar-refractivity contribution in [1.29, 1.82) is 0 Å². The van der Waals surface area contributed by atoms with Crippen molar-refractivity contribution < 1.29 is 23.9 Å². The summed E-state index contributed by atoms with van der Waals surface area (Å²) in [5.74, 6) is -0.853. The van der Waals surface area contributed by atoms with Gasteiger partial charge in [-0.25, -0.2) is 4.90 Å². The van der Waals surface area contributed by atoms with E-state index in [1.54, 1.807) is 49.6 Å². The number of hydrogen-bond donors (Lipinski definition) is 1. The van der Waals surface area contributed by atoms with Crippen LogP contribution in [0.1, 0.15) is 44.4 Å². The number of carbonyl (C=O) groups is 3. The number of hydrogen-bond acceptors (Lipinski definition) is 5. The first-order valence-electron chi connectivity index (χ1n) is 13.2. The highest BCUT2D eigenvalue weighted by Crippen LogP contribution is 2.61. The van der Waals surface area contributed by atoms with E-state index in [0.717, 1.165) is 22.3 Å². The third kappa shape index (κ3) is 3.40. The van der Waals surface area contributed by atoms with E-state index >= 15 is 0 Å². The third-order valence-corrected chi connectivity index (χ3v) is 8.49. The van der Waals surface area contributed by atoms with Gasteiger partial charge >= 0.3 is 0 Å². The van der Waals surface area contributed by atoms with Gasteiger partial charge < -0.3 is 14.8 Å². The number of benzene rings is 4. The molecule has 1 aliphatic heterocycles. The van der Waals surface area contributed by atoms with E-state index in [2.05, 4.69) is 29.6 Å². The normalized spacial score (nSPS) is 21.9. The Bertz CT molecular complexity index is 1580. The summed E-state index contributed by atoms with van der Waals surface area (Å²) < 4.78 is 10.6. The molecule has 0 saturated carbocycles. The number of ether oxygens (including phenoxy) is 2. The molecular formula is C33H26N2O5. The van der Waals surface area contributed by atoms with Crippen LogP contribution in [0.5, 0.6) is 11.5 Å². The van der Waals surface area contributed by atoms with Gasteiger partial charge in [0.25, 0.3) is 5.91 Å². The van der Waals surface area contributed by atoms with Crippen LogP contribution < -0.4 is 19.7 Å². The standard InChI is InChI=1S/C33H26N2O5/c1-39-20-15-16-25(26(17-20)40-2)34-31(36)18-11-13-19(14-12-18)35-32(37)29-27-21-7-3-4-8-22(21)28(30(29)33(35)38)24-10-6-5-9-23(24)27/h3-17,27-30H,1-2H3,(H,34,36)/t27?,28?,29-,30-/m1/s1. The molecule has 0 aromatic heterocycles. The highest BCUT2D eigenvalue weighted by atomic mass is 16.5. The Morgan fingerprint density at radius 2 is 1.23 bits per heavy atom. The van der Waals surface area contributed by atoms with Gasteiger partial charge in [0.15, 0.2) is 0 Å². The molecule has 7 heteroatoms. The van der Waals surface area contributed by atoms with Gasteiger partial charge in [-0.15, -0.1) is 0 Å². The fourth-order valence-corrected chi connectivity index (χ4v) is 6.79. The van der Waals surface area contributed by atoms with E-state index in [-0.39, 0.29) is 29.6 Å². The average Bonchev–Trinajstić information content (AvgIpc) is 3.27. The van der Waals surface area contributed by atoms with Crippen LogP contribution in [0, 0.1) is 11.8 Å². The largest absolute Gasteiger partial charge is 0.497 e. The first kappa shape index (κ1) is 24.2. The molecule has 4 aromatic rings. The summed E-state index contributed by atoms with van der Waals surface area (Å²) in [6, 6.07) is 28.1. The Kier molecular flexibility index (Phi) is 5.49. The zero-order valence-corrected chi connectivity index (χ0v) is 22.0. The van der Waals surface area contributed by atoms with Crippen LogP contribution in [0.2, 0.25) is 0 Å². The molecule has 1 heterocycles. The predicted octanol–water partition coefficient (Wildman–Crippen LogP) is 5.35. The van der Waals surface area contributed by atoms with Crippen LogP contribution in [0.3, 0.4) is 0 Å². The van der Waals surface area contributed by atoms with Crippen LogP contribution in [-0.4, -0.2) is 31.9 Å². The second kappa shape index (κ2) is 9.09. The van der Waals surface area contributed by atoms with Crippen LogP contribution in [0.25, 0.3) is 0 Å². The highest BCUT2D eigenvalue weighted by Gasteiger charge is 2.61. The molecule has 40 heavy (non-hydrogen) atoms. The molecule has 2 bridgehead atoms. The van der Waals surface area contributed by atoms with Crippen LogP contribution >= 0.6 is 0 Å². The summed E-state index contributed by atoms with van der Waals surface area (Å²) in [5.41, 5.74) is 5.90. The Morgan fingerprint density at radius 1 is 0.700 bits per heavy atom. The zero-order chi connectivity index (χ0) is 27.5. The number of amides is 3. The lowest BCUT2D eigenvalue weighted by molar-refractivity contribution is -0.122. The maximum atomic E-state index is 13.9. The zero-order valence-electron chi connectivity index (χ0n) is 22.0. The molecule has 0 radical (unpaired) electrons. The van der Waals surface area contributed by atoms with E-state index in [9.17, 15) is 14.4 Å². The first-order valence-corrected chi connectivity index (χ1v) is 13.2. The summed E-state index contributed by atoms with van der Waals surface area (Å²) in [6.07, 6.45) is 0. The van der Waals surface area contributed by atoms with E-state index in [1.807, 2.05) is 24.3 Å². The molecule has 4 aromatic carbocycles. The van der Waals surface area contributed by atoms with Gasteiger partial charge in [0.2, 0.25) is 11.8 Å². The average molecular weight is 531 g/mol. The van der Waals surface area contributed by atoms with Crippen LogP contribution in [0.4, 0.5) is 11.4 Å². The lowest BCUT2D eigenvalue weighted by atomic mass is 9.55. The van der Waals surface area contributed by atoms with E-state index in [0.29, 0.717) is 28.4 Å². The molecule has 1 saturated heterocycles. The fourth-order valence-electron chi connectivity index (χ4n) is 6.79. The Labute approximate surface area is 231 Å². The Hall–Kier alpha value is -4.91. The number of carbonyl (C=O) groups excluding carboxylic acids is 3. The number of nitrogens with zero attached hydrogens (tertiary/aromatic N) is 1. The summed E-state index contributed by atoms with van der Waals surface area (Å²) in [5, 5.41) is 2.85. The topological polar surface area (TPSA) is 84.9 Å². The van der Waals surface area contributed by atoms with E-state index < -0.39 is 11.8 Å². The van der Waals surface area contributed by atoms with E-state index in [1.165, 1.54) is 12.0 Å². The van der Waals surface area contributed by atoms with Crippen molar-refractivity contribution in [2.24, 2.45) is 11.8 Å². The van der Waals surface area contributed by atoms with Gasteiger partial charge in [0.1, 0.15) is 11.5 Å². The Balaban J connectivity index is 1.18. The summed E-state index contributed by atoms with van der Waals surface area (Å²) >= 11 is 0. The van der Waals surface area contributed by atoms with Crippen LogP contribution in [0.15, 0.2) is 91.0 Å². The van der Waals surface area contributed by atoms with Crippen LogP contribution in [-0.2, 0) is 9.59 Å². The fraction of sp³-hybridized carbons (Fsp3) is 0.182. The lowest BCUT2D eigenvalue weighted by Gasteiger charge is -2.45. The Morgan fingerprint density at radius 3 is 1.70 bits per heavy atom. The molecule has 8 rings (SSSR count). The molecule has 0 spiro atoms. The van der Waals surface area contributed by atoms with E-state index in [4.69, 9.17) is 9.47 Å². The number of anilines is 2.